The number of rotatable bonds is 0. The Bertz CT molecular complexity index is 620. The lowest BCUT2D eigenvalue weighted by Gasteiger charge is -2.53. The van der Waals surface area contributed by atoms with E-state index in [-0.39, 0.29) is 17.1 Å². The van der Waals surface area contributed by atoms with E-state index in [0.29, 0.717) is 0 Å². The van der Waals surface area contributed by atoms with Crippen molar-refractivity contribution in [1.29, 1.82) is 0 Å². The zero-order valence-electron chi connectivity index (χ0n) is 11.4. The van der Waals surface area contributed by atoms with Crippen molar-refractivity contribution in [3.8, 4) is 0 Å². The van der Waals surface area contributed by atoms with Crippen LogP contribution in [0.2, 0.25) is 10.4 Å². The summed E-state index contributed by atoms with van der Waals surface area (Å²) in [6.07, 6.45) is 3.30. The van der Waals surface area contributed by atoms with E-state index in [1.807, 2.05) is 38.2 Å². The summed E-state index contributed by atoms with van der Waals surface area (Å²) in [5, 5.41) is -0.780. The summed E-state index contributed by atoms with van der Waals surface area (Å²) in [5.41, 5.74) is 7.46. The summed E-state index contributed by atoms with van der Waals surface area (Å²) < 4.78 is 0. The Kier molecular flexibility index (Phi) is 2.50. The van der Waals surface area contributed by atoms with Crippen molar-refractivity contribution in [1.82, 2.24) is 0 Å². The first-order valence-electron chi connectivity index (χ1n) is 6.53. The van der Waals surface area contributed by atoms with E-state index in [0.717, 1.165) is 11.0 Å². The van der Waals surface area contributed by atoms with Gasteiger partial charge in [-0.3, -0.25) is 4.79 Å². The molecule has 2 unspecified atom stereocenters. The molecule has 7 heteroatoms. The molecule has 2 nitrogen and oxygen atoms in total. The molecule has 1 aliphatic heterocycles. The molecule has 0 aromatic heterocycles. The van der Waals surface area contributed by atoms with Gasteiger partial charge in [0.15, 0.2) is 5.78 Å². The minimum absolute atomic E-state index is 0.0510. The molecule has 3 rings (SSSR count). The molecular weight excluding hydrogens is 253 g/mol. The predicted molar refractivity (Wildman–Crippen MR) is 88.7 cm³/mol. The molecule has 0 bridgehead atoms. The lowest BCUT2D eigenvalue weighted by molar-refractivity contribution is -0.120. The molecule has 1 heterocycles. The minimum Gasteiger partial charge on any atom is -0.316 e. The molecule has 0 fully saturated rings. The van der Waals surface area contributed by atoms with Crippen molar-refractivity contribution < 1.29 is 4.79 Å². The SMILES string of the molecule is BC1(B)C=CC(=O)C2(N)c3ccccc3B(Cl)C12B. The van der Waals surface area contributed by atoms with Gasteiger partial charge in [0.2, 0.25) is 0 Å². The van der Waals surface area contributed by atoms with Gasteiger partial charge in [0.25, 0.3) is 6.13 Å². The molecule has 0 spiro atoms. The summed E-state index contributed by atoms with van der Waals surface area (Å²) >= 11 is 6.73. The highest BCUT2D eigenvalue weighted by molar-refractivity contribution is 7.20. The Balaban J connectivity index is 2.40. The zero-order valence-corrected chi connectivity index (χ0v) is 12.2. The third kappa shape index (κ3) is 1.25. The van der Waals surface area contributed by atoms with Crippen LogP contribution in [0.1, 0.15) is 5.56 Å². The quantitative estimate of drug-likeness (QED) is 0.560. The Morgan fingerprint density at radius 1 is 1.21 bits per heavy atom. The van der Waals surface area contributed by atoms with Crippen molar-refractivity contribution in [2.45, 2.75) is 16.0 Å². The summed E-state index contributed by atoms with van der Waals surface area (Å²) in [4.78, 5) is 12.5. The molecule has 0 amide bonds. The predicted octanol–water partition coefficient (Wildman–Crippen LogP) is -1.86. The van der Waals surface area contributed by atoms with Crippen LogP contribution in [0, 0.1) is 0 Å². The average molecular weight is 267 g/mol. The van der Waals surface area contributed by atoms with E-state index in [1.54, 1.807) is 6.08 Å². The van der Waals surface area contributed by atoms with Crippen molar-refractivity contribution in [2.75, 3.05) is 0 Å². The van der Waals surface area contributed by atoms with Gasteiger partial charge in [-0.25, -0.2) is 0 Å². The fourth-order valence-corrected chi connectivity index (χ4v) is 4.32. The highest BCUT2D eigenvalue weighted by Crippen LogP contribution is 2.64. The number of carbonyl (C=O) groups excluding carboxylic acids is 1. The average Bonchev–Trinajstić information content (AvgIpc) is 2.57. The summed E-state index contributed by atoms with van der Waals surface area (Å²) in [7, 11) is 6.23. The highest BCUT2D eigenvalue weighted by Gasteiger charge is 2.68. The summed E-state index contributed by atoms with van der Waals surface area (Å²) in [5.74, 6) is -0.0510. The van der Waals surface area contributed by atoms with Crippen LogP contribution in [0.4, 0.5) is 0 Å². The van der Waals surface area contributed by atoms with Crippen LogP contribution in [-0.2, 0) is 10.3 Å². The van der Waals surface area contributed by atoms with E-state index in [2.05, 4.69) is 15.7 Å². The zero-order chi connectivity index (χ0) is 14.1. The maximum Gasteiger partial charge on any atom is 0.283 e. The van der Waals surface area contributed by atoms with Crippen LogP contribution in [0.3, 0.4) is 0 Å². The van der Waals surface area contributed by atoms with Crippen molar-refractivity contribution in [3.63, 3.8) is 0 Å². The standard InChI is InChI=1S/C12H14B4ClNO/c13-10(14)6-5-9(19)11(18)7-3-1-2-4-8(7)16(17)12(10,11)15/h1-6H,13-15,18H2. The first-order valence-corrected chi connectivity index (χ1v) is 6.96. The molecule has 1 aliphatic carbocycles. The smallest absolute Gasteiger partial charge is 0.283 e. The number of fused-ring (bicyclic) bond motifs is 3. The number of ketones is 1. The number of nitrogens with two attached hydrogens (primary N) is 1. The van der Waals surface area contributed by atoms with Gasteiger partial charge >= 0.3 is 0 Å². The Labute approximate surface area is 121 Å². The van der Waals surface area contributed by atoms with E-state index >= 15 is 0 Å². The minimum atomic E-state index is -1.03. The Hall–Kier alpha value is -0.860. The van der Waals surface area contributed by atoms with Crippen molar-refractivity contribution in [3.05, 3.63) is 42.0 Å². The van der Waals surface area contributed by atoms with Gasteiger partial charge in [-0.1, -0.05) is 41.0 Å². The second kappa shape index (κ2) is 3.62. The number of hydrogen-bond acceptors (Lipinski definition) is 2. The fourth-order valence-electron chi connectivity index (χ4n) is 3.68. The van der Waals surface area contributed by atoms with Crippen LogP contribution in [0.15, 0.2) is 36.4 Å². The molecule has 92 valence electrons. The number of hydrogen-bond donors (Lipinski definition) is 1. The molecule has 1 aromatic carbocycles. The normalized spacial score (nSPS) is 35.1. The molecule has 2 atom stereocenters. The Morgan fingerprint density at radius 3 is 2.53 bits per heavy atom. The maximum absolute atomic E-state index is 12.5. The number of carbonyl (C=O) groups is 1. The summed E-state index contributed by atoms with van der Waals surface area (Å²) in [6, 6.07) is 7.78. The molecule has 2 aliphatic rings. The second-order valence-corrected chi connectivity index (χ2v) is 6.82. The molecule has 0 radical (unpaired) electrons. The first-order chi connectivity index (χ1) is 8.77. The molecule has 19 heavy (non-hydrogen) atoms. The van der Waals surface area contributed by atoms with Crippen LogP contribution in [0.5, 0.6) is 0 Å². The van der Waals surface area contributed by atoms with E-state index < -0.39 is 10.8 Å². The lowest BCUT2D eigenvalue weighted by atomic mass is 9.20. The van der Waals surface area contributed by atoms with Gasteiger partial charge in [0.05, 0.1) is 5.54 Å². The second-order valence-electron chi connectivity index (χ2n) is 6.38. The van der Waals surface area contributed by atoms with Gasteiger partial charge in [-0.15, -0.1) is 0 Å². The molecule has 1 aromatic rings. The lowest BCUT2D eigenvalue weighted by Crippen LogP contribution is -2.61. The Morgan fingerprint density at radius 2 is 1.84 bits per heavy atom. The fraction of sp³-hybridized carbons (Fsp3) is 0.250. The third-order valence-corrected chi connectivity index (χ3v) is 6.03. The summed E-state index contributed by atoms with van der Waals surface area (Å²) in [6.45, 7) is 0. The van der Waals surface area contributed by atoms with Gasteiger partial charge < -0.3 is 5.73 Å². The molecule has 2 N–H and O–H groups in total. The van der Waals surface area contributed by atoms with E-state index in [1.165, 1.54) is 0 Å². The van der Waals surface area contributed by atoms with Gasteiger partial charge in [0.1, 0.15) is 23.5 Å². The van der Waals surface area contributed by atoms with Crippen LogP contribution < -0.4 is 11.2 Å². The molecular formula is C12H14B4ClNO. The monoisotopic (exact) mass is 267 g/mol. The maximum atomic E-state index is 12.5. The number of allylic oxidation sites excluding steroid dienone is 1. The van der Waals surface area contributed by atoms with Crippen LogP contribution in [-0.4, -0.2) is 35.5 Å². The third-order valence-electron chi connectivity index (χ3n) is 5.36. The highest BCUT2D eigenvalue weighted by atomic mass is 35.5. The van der Waals surface area contributed by atoms with Crippen LogP contribution >= 0.6 is 11.5 Å². The van der Waals surface area contributed by atoms with Gasteiger partial charge in [0, 0.05) is 0 Å². The number of benzene rings is 1. The largest absolute Gasteiger partial charge is 0.316 e. The molecule has 0 saturated carbocycles. The first kappa shape index (κ1) is 13.1. The topological polar surface area (TPSA) is 43.1 Å². The van der Waals surface area contributed by atoms with Gasteiger partial charge in [-0.2, -0.15) is 11.5 Å². The van der Waals surface area contributed by atoms with E-state index in [4.69, 9.17) is 17.2 Å². The molecule has 0 saturated heterocycles. The van der Waals surface area contributed by atoms with Crippen LogP contribution in [0.25, 0.3) is 0 Å². The van der Waals surface area contributed by atoms with E-state index in [9.17, 15) is 4.79 Å². The number of halogens is 1. The van der Waals surface area contributed by atoms with Gasteiger partial charge in [-0.05, 0) is 16.9 Å². The van der Waals surface area contributed by atoms with Crippen molar-refractivity contribution in [2.24, 2.45) is 5.73 Å². The van der Waals surface area contributed by atoms with Crippen molar-refractivity contribution >= 4 is 52.4 Å².